The van der Waals surface area contributed by atoms with Gasteiger partial charge in [0.15, 0.2) is 0 Å². The molecular weight excluding hydrogens is 176 g/mol. The average Bonchev–Trinajstić information content (AvgIpc) is 2.25. The highest BCUT2D eigenvalue weighted by molar-refractivity contribution is 4.71. The van der Waals surface area contributed by atoms with Crippen molar-refractivity contribution in [2.75, 3.05) is 40.3 Å². The van der Waals surface area contributed by atoms with Gasteiger partial charge in [0.1, 0.15) is 0 Å². The summed E-state index contributed by atoms with van der Waals surface area (Å²) in [4.78, 5) is 2.56. The first-order valence-corrected chi connectivity index (χ1v) is 5.76. The van der Waals surface area contributed by atoms with E-state index in [0.717, 1.165) is 6.54 Å². The fraction of sp³-hybridized carbons (Fsp3) is 1.00. The van der Waals surface area contributed by atoms with E-state index in [2.05, 4.69) is 10.2 Å². The summed E-state index contributed by atoms with van der Waals surface area (Å²) in [6.45, 7) is 4.85. The summed E-state index contributed by atoms with van der Waals surface area (Å²) in [7, 11) is 3.84. The molecule has 0 spiro atoms. The Balaban J connectivity index is 1.98. The predicted molar refractivity (Wildman–Crippen MR) is 59.6 cm³/mol. The van der Waals surface area contributed by atoms with E-state index in [-0.39, 0.29) is 0 Å². The molecule has 1 saturated heterocycles. The van der Waals surface area contributed by atoms with Gasteiger partial charge in [-0.2, -0.15) is 0 Å². The van der Waals surface area contributed by atoms with E-state index in [1.54, 1.807) is 0 Å². The topological polar surface area (TPSA) is 24.5 Å². The van der Waals surface area contributed by atoms with Gasteiger partial charge in [-0.3, -0.25) is 0 Å². The molecule has 1 aliphatic rings. The summed E-state index contributed by atoms with van der Waals surface area (Å²) in [6, 6.07) is 0. The van der Waals surface area contributed by atoms with Crippen molar-refractivity contribution in [3.63, 3.8) is 0 Å². The number of unbranched alkanes of at least 4 members (excludes halogenated alkanes) is 1. The van der Waals surface area contributed by atoms with Crippen molar-refractivity contribution in [2.45, 2.75) is 31.8 Å². The van der Waals surface area contributed by atoms with Crippen LogP contribution in [0, 0.1) is 0 Å². The molecule has 1 N–H and O–H groups in total. The number of rotatable bonds is 6. The van der Waals surface area contributed by atoms with Crippen LogP contribution in [-0.4, -0.2) is 51.3 Å². The number of ether oxygens (including phenoxy) is 1. The van der Waals surface area contributed by atoms with E-state index in [9.17, 15) is 0 Å². The van der Waals surface area contributed by atoms with Crippen molar-refractivity contribution in [3.05, 3.63) is 0 Å². The number of likely N-dealkylation sites (tertiary alicyclic amines) is 1. The second kappa shape index (κ2) is 7.21. The summed E-state index contributed by atoms with van der Waals surface area (Å²) in [5, 5.41) is 3.18. The maximum atomic E-state index is 5.35. The zero-order chi connectivity index (χ0) is 10.2. The molecule has 14 heavy (non-hydrogen) atoms. The monoisotopic (exact) mass is 200 g/mol. The molecule has 1 aliphatic heterocycles. The van der Waals surface area contributed by atoms with Crippen LogP contribution in [0.5, 0.6) is 0 Å². The molecule has 0 unspecified atom stereocenters. The van der Waals surface area contributed by atoms with Gasteiger partial charge in [-0.25, -0.2) is 0 Å². The Morgan fingerprint density at radius 3 is 2.57 bits per heavy atom. The van der Waals surface area contributed by atoms with Crippen molar-refractivity contribution >= 4 is 0 Å². The lowest BCUT2D eigenvalue weighted by atomic mass is 10.1. The van der Waals surface area contributed by atoms with Crippen molar-refractivity contribution in [2.24, 2.45) is 0 Å². The molecule has 0 atom stereocenters. The van der Waals surface area contributed by atoms with Crippen LogP contribution >= 0.6 is 0 Å². The molecule has 0 aromatic heterocycles. The summed E-state index contributed by atoms with van der Waals surface area (Å²) < 4.78 is 5.35. The third-order valence-corrected chi connectivity index (χ3v) is 3.02. The Kier molecular flexibility index (Phi) is 6.15. The highest BCUT2D eigenvalue weighted by Crippen LogP contribution is 2.12. The van der Waals surface area contributed by atoms with Gasteiger partial charge in [-0.05, 0) is 45.8 Å². The van der Waals surface area contributed by atoms with E-state index in [1.807, 2.05) is 14.2 Å². The van der Waals surface area contributed by atoms with Crippen LogP contribution in [0.15, 0.2) is 0 Å². The highest BCUT2D eigenvalue weighted by atomic mass is 16.5. The third kappa shape index (κ3) is 4.40. The van der Waals surface area contributed by atoms with Gasteiger partial charge in [0.25, 0.3) is 0 Å². The fourth-order valence-electron chi connectivity index (χ4n) is 2.01. The Morgan fingerprint density at radius 1 is 1.29 bits per heavy atom. The van der Waals surface area contributed by atoms with Crippen LogP contribution in [0.3, 0.4) is 0 Å². The van der Waals surface area contributed by atoms with Gasteiger partial charge >= 0.3 is 0 Å². The standard InChI is InChI=1S/C11H24N2O/c1-12-7-3-4-8-13-9-5-11(14-2)6-10-13/h11-12H,3-10H2,1-2H3. The molecule has 0 radical (unpaired) electrons. The van der Waals surface area contributed by atoms with Gasteiger partial charge < -0.3 is 15.0 Å². The van der Waals surface area contributed by atoms with E-state index < -0.39 is 0 Å². The summed E-state index contributed by atoms with van der Waals surface area (Å²) in [6.07, 6.45) is 5.55. The lowest BCUT2D eigenvalue weighted by Gasteiger charge is -2.31. The van der Waals surface area contributed by atoms with E-state index in [4.69, 9.17) is 4.74 Å². The fourth-order valence-corrected chi connectivity index (χ4v) is 2.01. The molecule has 1 rings (SSSR count). The second-order valence-corrected chi connectivity index (χ2v) is 4.09. The molecule has 3 heteroatoms. The number of hydrogen-bond acceptors (Lipinski definition) is 3. The van der Waals surface area contributed by atoms with Crippen LogP contribution in [0.2, 0.25) is 0 Å². The van der Waals surface area contributed by atoms with Crippen molar-refractivity contribution in [3.8, 4) is 0 Å². The van der Waals surface area contributed by atoms with Crippen LogP contribution in [0.4, 0.5) is 0 Å². The van der Waals surface area contributed by atoms with Crippen LogP contribution in [0.1, 0.15) is 25.7 Å². The smallest absolute Gasteiger partial charge is 0.0595 e. The molecule has 0 amide bonds. The Hall–Kier alpha value is -0.120. The Bertz CT molecular complexity index is 133. The number of hydrogen-bond donors (Lipinski definition) is 1. The van der Waals surface area contributed by atoms with Gasteiger partial charge in [0.2, 0.25) is 0 Å². The molecule has 84 valence electrons. The summed E-state index contributed by atoms with van der Waals surface area (Å²) in [5.41, 5.74) is 0. The van der Waals surface area contributed by atoms with Crippen LogP contribution in [0.25, 0.3) is 0 Å². The van der Waals surface area contributed by atoms with Gasteiger partial charge in [-0.15, -0.1) is 0 Å². The number of methoxy groups -OCH3 is 1. The molecule has 1 heterocycles. The molecule has 0 saturated carbocycles. The predicted octanol–water partition coefficient (Wildman–Crippen LogP) is 1.10. The molecule has 0 aliphatic carbocycles. The van der Waals surface area contributed by atoms with E-state index >= 15 is 0 Å². The maximum Gasteiger partial charge on any atom is 0.0595 e. The minimum Gasteiger partial charge on any atom is -0.381 e. The molecule has 0 bridgehead atoms. The maximum absolute atomic E-state index is 5.35. The van der Waals surface area contributed by atoms with Gasteiger partial charge in [0.05, 0.1) is 6.10 Å². The zero-order valence-corrected chi connectivity index (χ0v) is 9.59. The molecular formula is C11H24N2O. The van der Waals surface area contributed by atoms with Gasteiger partial charge in [-0.1, -0.05) is 0 Å². The Labute approximate surface area is 87.8 Å². The highest BCUT2D eigenvalue weighted by Gasteiger charge is 2.17. The van der Waals surface area contributed by atoms with Gasteiger partial charge in [0, 0.05) is 20.2 Å². The third-order valence-electron chi connectivity index (χ3n) is 3.02. The largest absolute Gasteiger partial charge is 0.381 e. The zero-order valence-electron chi connectivity index (χ0n) is 9.59. The minimum atomic E-state index is 0.517. The average molecular weight is 200 g/mol. The number of nitrogens with zero attached hydrogens (tertiary/aromatic N) is 1. The minimum absolute atomic E-state index is 0.517. The lowest BCUT2D eigenvalue weighted by Crippen LogP contribution is -2.37. The van der Waals surface area contributed by atoms with E-state index in [1.165, 1.54) is 45.3 Å². The molecule has 1 fully saturated rings. The first-order chi connectivity index (χ1) is 6.86. The SMILES string of the molecule is CNCCCCN1CCC(OC)CC1. The van der Waals surface area contributed by atoms with E-state index in [0.29, 0.717) is 6.10 Å². The van der Waals surface area contributed by atoms with Crippen molar-refractivity contribution < 1.29 is 4.74 Å². The quantitative estimate of drug-likeness (QED) is 0.650. The first kappa shape index (κ1) is 12.0. The lowest BCUT2D eigenvalue weighted by molar-refractivity contribution is 0.0407. The molecule has 3 nitrogen and oxygen atoms in total. The van der Waals surface area contributed by atoms with Crippen molar-refractivity contribution in [1.29, 1.82) is 0 Å². The number of nitrogens with one attached hydrogen (secondary N) is 1. The second-order valence-electron chi connectivity index (χ2n) is 4.09. The Morgan fingerprint density at radius 2 is 2.00 bits per heavy atom. The normalized spacial score (nSPS) is 20.1. The van der Waals surface area contributed by atoms with Crippen LogP contribution in [-0.2, 0) is 4.74 Å². The summed E-state index contributed by atoms with van der Waals surface area (Å²) in [5.74, 6) is 0. The van der Waals surface area contributed by atoms with Crippen molar-refractivity contribution in [1.82, 2.24) is 10.2 Å². The van der Waals surface area contributed by atoms with Crippen LogP contribution < -0.4 is 5.32 Å². The molecule has 0 aromatic rings. The molecule has 0 aromatic carbocycles. The first-order valence-electron chi connectivity index (χ1n) is 5.76. The summed E-state index contributed by atoms with van der Waals surface area (Å²) >= 11 is 0. The number of piperidine rings is 1.